The lowest BCUT2D eigenvalue weighted by Crippen LogP contribution is -2.38. The van der Waals surface area contributed by atoms with Gasteiger partial charge in [0.15, 0.2) is 0 Å². The molecule has 7 nitrogen and oxygen atoms in total. The lowest BCUT2D eigenvalue weighted by atomic mass is 9.95. The zero-order valence-corrected chi connectivity index (χ0v) is 18.5. The van der Waals surface area contributed by atoms with E-state index in [0.717, 1.165) is 69.4 Å². The molecule has 1 aliphatic heterocycles. The van der Waals surface area contributed by atoms with Crippen molar-refractivity contribution < 1.29 is 9.53 Å². The molecule has 1 N–H and O–H groups in total. The average molecular weight is 414 g/mol. The van der Waals surface area contributed by atoms with Crippen molar-refractivity contribution in [3.8, 4) is 5.75 Å². The molecule has 30 heavy (non-hydrogen) atoms. The highest BCUT2D eigenvalue weighted by Crippen LogP contribution is 2.26. The SMILES string of the molecule is CCN(CC)CCOc1ccccc1NC(=O)C1CCN(Cc2nccn2C)CC1. The molecule has 1 aromatic carbocycles. The van der Waals surface area contributed by atoms with Gasteiger partial charge in [-0.25, -0.2) is 4.98 Å². The first-order chi connectivity index (χ1) is 14.6. The van der Waals surface area contributed by atoms with E-state index in [9.17, 15) is 4.79 Å². The maximum atomic E-state index is 12.9. The maximum Gasteiger partial charge on any atom is 0.227 e. The van der Waals surface area contributed by atoms with Crippen molar-refractivity contribution >= 4 is 11.6 Å². The average Bonchev–Trinajstić information content (AvgIpc) is 3.17. The summed E-state index contributed by atoms with van der Waals surface area (Å²) in [5, 5.41) is 3.10. The summed E-state index contributed by atoms with van der Waals surface area (Å²) in [5.74, 6) is 1.93. The fraction of sp³-hybridized carbons (Fsp3) is 0.565. The first-order valence-electron chi connectivity index (χ1n) is 11.0. The second kappa shape index (κ2) is 11.1. The number of aryl methyl sites for hydroxylation is 1. The van der Waals surface area contributed by atoms with Crippen LogP contribution in [0, 0.1) is 5.92 Å². The van der Waals surface area contributed by atoms with Crippen molar-refractivity contribution in [1.29, 1.82) is 0 Å². The summed E-state index contributed by atoms with van der Waals surface area (Å²) in [7, 11) is 2.02. The molecule has 1 amide bonds. The Bertz CT molecular complexity index is 794. The smallest absolute Gasteiger partial charge is 0.227 e. The lowest BCUT2D eigenvalue weighted by molar-refractivity contribution is -0.121. The molecular weight excluding hydrogens is 378 g/mol. The summed E-state index contributed by atoms with van der Waals surface area (Å²) in [6, 6.07) is 7.72. The van der Waals surface area contributed by atoms with Crippen molar-refractivity contribution in [2.24, 2.45) is 13.0 Å². The van der Waals surface area contributed by atoms with Crippen LogP contribution in [0.5, 0.6) is 5.75 Å². The molecule has 1 aliphatic rings. The molecule has 164 valence electrons. The van der Waals surface area contributed by atoms with Crippen LogP contribution in [0.3, 0.4) is 0 Å². The van der Waals surface area contributed by atoms with Crippen LogP contribution in [-0.4, -0.2) is 64.6 Å². The van der Waals surface area contributed by atoms with Crippen molar-refractivity contribution in [3.05, 3.63) is 42.5 Å². The van der Waals surface area contributed by atoms with Gasteiger partial charge in [0.2, 0.25) is 5.91 Å². The van der Waals surface area contributed by atoms with Gasteiger partial charge in [0, 0.05) is 31.9 Å². The van der Waals surface area contributed by atoms with Crippen LogP contribution >= 0.6 is 0 Å². The van der Waals surface area contributed by atoms with E-state index >= 15 is 0 Å². The Balaban J connectivity index is 1.48. The zero-order chi connectivity index (χ0) is 21.3. The number of amides is 1. The van der Waals surface area contributed by atoms with E-state index in [0.29, 0.717) is 6.61 Å². The van der Waals surface area contributed by atoms with E-state index in [-0.39, 0.29) is 11.8 Å². The van der Waals surface area contributed by atoms with Crippen LogP contribution in [0.1, 0.15) is 32.5 Å². The predicted molar refractivity (Wildman–Crippen MR) is 120 cm³/mol. The Morgan fingerprint density at radius 2 is 1.97 bits per heavy atom. The largest absolute Gasteiger partial charge is 0.490 e. The van der Waals surface area contributed by atoms with E-state index < -0.39 is 0 Å². The van der Waals surface area contributed by atoms with Crippen LogP contribution in [0.25, 0.3) is 0 Å². The molecule has 2 aromatic rings. The number of imidazole rings is 1. The van der Waals surface area contributed by atoms with E-state index in [1.54, 1.807) is 0 Å². The Kier molecular flexibility index (Phi) is 8.28. The van der Waals surface area contributed by atoms with Gasteiger partial charge in [-0.2, -0.15) is 0 Å². The third kappa shape index (κ3) is 6.06. The van der Waals surface area contributed by atoms with Gasteiger partial charge < -0.3 is 19.5 Å². The quantitative estimate of drug-likeness (QED) is 0.649. The number of ether oxygens (including phenoxy) is 1. The molecule has 0 bridgehead atoms. The summed E-state index contributed by atoms with van der Waals surface area (Å²) < 4.78 is 8.02. The molecular formula is C23H35N5O2. The Labute approximate surface area is 180 Å². The van der Waals surface area contributed by atoms with Crippen LogP contribution in [0.2, 0.25) is 0 Å². The van der Waals surface area contributed by atoms with Crippen LogP contribution < -0.4 is 10.1 Å². The number of rotatable bonds is 10. The number of piperidine rings is 1. The Morgan fingerprint density at radius 1 is 1.23 bits per heavy atom. The summed E-state index contributed by atoms with van der Waals surface area (Å²) in [4.78, 5) is 22.0. The highest BCUT2D eigenvalue weighted by Gasteiger charge is 2.26. The third-order valence-corrected chi connectivity index (χ3v) is 5.95. The monoisotopic (exact) mass is 413 g/mol. The normalized spacial score (nSPS) is 15.5. The number of nitrogens with zero attached hydrogens (tertiary/aromatic N) is 4. The molecule has 0 unspecified atom stereocenters. The summed E-state index contributed by atoms with van der Waals surface area (Å²) >= 11 is 0. The van der Waals surface area contributed by atoms with Crippen molar-refractivity contribution in [2.75, 3.05) is 44.6 Å². The van der Waals surface area contributed by atoms with Crippen molar-refractivity contribution in [1.82, 2.24) is 19.4 Å². The van der Waals surface area contributed by atoms with Crippen LogP contribution in [0.15, 0.2) is 36.7 Å². The predicted octanol–water partition coefficient (Wildman–Crippen LogP) is 2.99. The number of hydrogen-bond donors (Lipinski definition) is 1. The number of aromatic nitrogens is 2. The molecule has 0 spiro atoms. The molecule has 1 saturated heterocycles. The van der Waals surface area contributed by atoms with E-state index in [2.05, 4.69) is 38.5 Å². The summed E-state index contributed by atoms with van der Waals surface area (Å²) in [6.07, 6.45) is 5.52. The topological polar surface area (TPSA) is 62.6 Å². The molecule has 0 atom stereocenters. The number of likely N-dealkylation sites (tertiary alicyclic amines) is 1. The zero-order valence-electron chi connectivity index (χ0n) is 18.5. The Hall–Kier alpha value is -2.38. The van der Waals surface area contributed by atoms with Gasteiger partial charge in [-0.1, -0.05) is 26.0 Å². The van der Waals surface area contributed by atoms with Crippen molar-refractivity contribution in [2.45, 2.75) is 33.2 Å². The molecule has 1 aromatic heterocycles. The first kappa shape index (κ1) is 22.3. The van der Waals surface area contributed by atoms with E-state index in [1.807, 2.05) is 43.7 Å². The van der Waals surface area contributed by atoms with Gasteiger partial charge in [-0.15, -0.1) is 0 Å². The van der Waals surface area contributed by atoms with Crippen LogP contribution in [0.4, 0.5) is 5.69 Å². The molecule has 7 heteroatoms. The standard InChI is InChI=1S/C23H35N5O2/c1-4-27(5-2)16-17-30-21-9-7-6-8-20(21)25-23(29)19-10-13-28(14-11-19)18-22-24-12-15-26(22)3/h6-9,12,15,19H,4-5,10-11,13-14,16-18H2,1-3H3,(H,25,29). The van der Waals surface area contributed by atoms with Crippen LogP contribution in [-0.2, 0) is 18.4 Å². The minimum Gasteiger partial charge on any atom is -0.490 e. The minimum atomic E-state index is 0.0337. The number of nitrogens with one attached hydrogen (secondary N) is 1. The fourth-order valence-electron chi connectivity index (χ4n) is 3.86. The third-order valence-electron chi connectivity index (χ3n) is 5.95. The highest BCUT2D eigenvalue weighted by molar-refractivity contribution is 5.94. The number of benzene rings is 1. The molecule has 3 rings (SSSR count). The number of para-hydroxylation sites is 2. The number of likely N-dealkylation sites (N-methyl/N-ethyl adjacent to an activating group) is 1. The van der Waals surface area contributed by atoms with E-state index in [4.69, 9.17) is 4.74 Å². The highest BCUT2D eigenvalue weighted by atomic mass is 16.5. The molecule has 0 radical (unpaired) electrons. The van der Waals surface area contributed by atoms with Crippen molar-refractivity contribution in [3.63, 3.8) is 0 Å². The number of carbonyl (C=O) groups is 1. The molecule has 2 heterocycles. The molecule has 0 saturated carbocycles. The summed E-state index contributed by atoms with van der Waals surface area (Å²) in [6.45, 7) is 10.5. The van der Waals surface area contributed by atoms with Gasteiger partial charge in [-0.3, -0.25) is 9.69 Å². The second-order valence-corrected chi connectivity index (χ2v) is 7.87. The second-order valence-electron chi connectivity index (χ2n) is 7.87. The van der Waals surface area contributed by atoms with E-state index in [1.165, 1.54) is 0 Å². The molecule has 0 aliphatic carbocycles. The van der Waals surface area contributed by atoms with Gasteiger partial charge >= 0.3 is 0 Å². The maximum absolute atomic E-state index is 12.9. The van der Waals surface area contributed by atoms with Gasteiger partial charge in [0.1, 0.15) is 18.2 Å². The molecule has 1 fully saturated rings. The summed E-state index contributed by atoms with van der Waals surface area (Å²) in [5.41, 5.74) is 0.762. The lowest BCUT2D eigenvalue weighted by Gasteiger charge is -2.31. The minimum absolute atomic E-state index is 0.0337. The Morgan fingerprint density at radius 3 is 2.63 bits per heavy atom. The van der Waals surface area contributed by atoms with Gasteiger partial charge in [-0.05, 0) is 51.2 Å². The first-order valence-corrected chi connectivity index (χ1v) is 11.0. The number of carbonyl (C=O) groups excluding carboxylic acids is 1. The fourth-order valence-corrected chi connectivity index (χ4v) is 3.86. The number of anilines is 1. The van der Waals surface area contributed by atoms with Gasteiger partial charge in [0.05, 0.1) is 12.2 Å². The number of hydrogen-bond acceptors (Lipinski definition) is 5. The van der Waals surface area contributed by atoms with Gasteiger partial charge in [0.25, 0.3) is 0 Å².